The van der Waals surface area contributed by atoms with Crippen LogP contribution in [0.2, 0.25) is 0 Å². The van der Waals surface area contributed by atoms with E-state index in [0.29, 0.717) is 36.4 Å². The van der Waals surface area contributed by atoms with Crippen LogP contribution >= 0.6 is 0 Å². The van der Waals surface area contributed by atoms with Gasteiger partial charge in [0, 0.05) is 18.1 Å². The van der Waals surface area contributed by atoms with Crippen molar-refractivity contribution in [1.29, 1.82) is 0 Å². The number of pyridine rings is 1. The fourth-order valence-corrected chi connectivity index (χ4v) is 4.33. The zero-order chi connectivity index (χ0) is 33.3. The van der Waals surface area contributed by atoms with Gasteiger partial charge in [-0.1, -0.05) is 6.07 Å². The lowest BCUT2D eigenvalue weighted by Crippen LogP contribution is -2.49. The molecule has 1 atom stereocenters. The number of alkyl halides is 7. The Morgan fingerprint density at radius 3 is 2.13 bits per heavy atom. The molecule has 0 aliphatic carbocycles. The van der Waals surface area contributed by atoms with Crippen molar-refractivity contribution < 1.29 is 62.9 Å². The highest BCUT2D eigenvalue weighted by Crippen LogP contribution is 2.38. The second-order valence-corrected chi connectivity index (χ2v) is 9.52. The molecule has 0 spiro atoms. The normalized spacial score (nSPS) is 13.4. The number of hydrogen-bond acceptors (Lipinski definition) is 4. The van der Waals surface area contributed by atoms with Crippen LogP contribution in [-0.2, 0) is 18.1 Å². The molecule has 5 nitrogen and oxygen atoms in total. The van der Waals surface area contributed by atoms with Crippen LogP contribution in [0.25, 0.3) is 0 Å². The Hall–Kier alpha value is -4.89. The first-order valence-electron chi connectivity index (χ1n) is 12.4. The van der Waals surface area contributed by atoms with Gasteiger partial charge >= 0.3 is 18.7 Å². The molecule has 0 aliphatic rings. The van der Waals surface area contributed by atoms with Gasteiger partial charge in [0.1, 0.15) is 28.7 Å². The van der Waals surface area contributed by atoms with E-state index in [1.165, 1.54) is 0 Å². The predicted molar refractivity (Wildman–Crippen MR) is 134 cm³/mol. The van der Waals surface area contributed by atoms with Crippen LogP contribution in [0.5, 0.6) is 11.5 Å². The number of carbonyl (C=O) groups excluding carboxylic acids is 1. The van der Waals surface area contributed by atoms with Gasteiger partial charge in [-0.2, -0.15) is 30.7 Å². The van der Waals surface area contributed by atoms with Gasteiger partial charge < -0.3 is 15.2 Å². The summed E-state index contributed by atoms with van der Waals surface area (Å²) in [6, 6.07) is 6.80. The Bertz CT molecular complexity index is 1710. The number of ether oxygens (including phenoxy) is 1. The molecule has 45 heavy (non-hydrogen) atoms. The molecule has 2 N–H and O–H groups in total. The molecular formula is C29H17F11N2O3. The Morgan fingerprint density at radius 1 is 0.844 bits per heavy atom. The number of amides is 1. The highest BCUT2D eigenvalue weighted by molar-refractivity contribution is 5.95. The van der Waals surface area contributed by atoms with Gasteiger partial charge in [-0.3, -0.25) is 9.78 Å². The Morgan fingerprint density at radius 2 is 1.53 bits per heavy atom. The van der Waals surface area contributed by atoms with E-state index in [9.17, 15) is 58.2 Å². The van der Waals surface area contributed by atoms with Crippen molar-refractivity contribution in [3.63, 3.8) is 0 Å². The van der Waals surface area contributed by atoms with Crippen LogP contribution < -0.4 is 10.1 Å². The molecule has 0 radical (unpaired) electrons. The number of aromatic nitrogens is 1. The molecule has 0 saturated carbocycles. The molecule has 0 fully saturated rings. The molecule has 1 amide bonds. The van der Waals surface area contributed by atoms with E-state index in [1.807, 2.05) is 0 Å². The predicted octanol–water partition coefficient (Wildman–Crippen LogP) is 7.52. The summed E-state index contributed by atoms with van der Waals surface area (Å²) in [7, 11) is 0. The molecule has 1 heterocycles. The summed E-state index contributed by atoms with van der Waals surface area (Å²) < 4.78 is 154. The Labute approximate surface area is 245 Å². The maximum Gasteiger partial charge on any atom is 0.461 e. The van der Waals surface area contributed by atoms with Crippen molar-refractivity contribution in [3.05, 3.63) is 124 Å². The number of carbonyl (C=O) groups is 1. The molecule has 0 bridgehead atoms. The van der Waals surface area contributed by atoms with Crippen LogP contribution in [0.4, 0.5) is 48.3 Å². The van der Waals surface area contributed by atoms with Gasteiger partial charge in [0.2, 0.25) is 0 Å². The topological polar surface area (TPSA) is 71.5 Å². The summed E-state index contributed by atoms with van der Waals surface area (Å²) in [4.78, 5) is 17.4. The van der Waals surface area contributed by atoms with Crippen molar-refractivity contribution in [3.8, 4) is 11.5 Å². The average molecular weight is 650 g/mol. The van der Waals surface area contributed by atoms with Crippen LogP contribution in [-0.4, -0.2) is 28.5 Å². The van der Waals surface area contributed by atoms with Gasteiger partial charge in [-0.05, 0) is 65.7 Å². The molecule has 238 valence electrons. The Kier molecular flexibility index (Phi) is 8.98. The fourth-order valence-electron chi connectivity index (χ4n) is 4.33. The first-order valence-corrected chi connectivity index (χ1v) is 12.4. The van der Waals surface area contributed by atoms with E-state index in [2.05, 4.69) is 15.0 Å². The van der Waals surface area contributed by atoms with E-state index >= 15 is 0 Å². The fraction of sp³-hybridized carbons (Fsp3) is 0.172. The minimum absolute atomic E-state index is 0.139. The zero-order valence-electron chi connectivity index (χ0n) is 22.1. The van der Waals surface area contributed by atoms with Gasteiger partial charge in [0.25, 0.3) is 5.91 Å². The summed E-state index contributed by atoms with van der Waals surface area (Å²) in [5.41, 5.74) is -6.30. The van der Waals surface area contributed by atoms with Gasteiger partial charge in [0.05, 0.1) is 17.5 Å². The molecule has 4 aromatic rings. The maximum absolute atomic E-state index is 14.9. The number of hydrogen-bond donors (Lipinski definition) is 2. The minimum Gasteiger partial charge on any atom is -0.506 e. The van der Waals surface area contributed by atoms with E-state index in [-0.39, 0.29) is 17.7 Å². The number of halogens is 11. The smallest absolute Gasteiger partial charge is 0.461 e. The second-order valence-electron chi connectivity index (χ2n) is 9.52. The third-order valence-electron chi connectivity index (χ3n) is 6.37. The van der Waals surface area contributed by atoms with E-state index < -0.39 is 93.7 Å². The number of rotatable bonds is 9. The first kappa shape index (κ1) is 33.0. The zero-order valence-corrected chi connectivity index (χ0v) is 22.1. The molecule has 0 aliphatic heterocycles. The van der Waals surface area contributed by atoms with Crippen LogP contribution in [0.1, 0.15) is 32.7 Å². The Balaban J connectivity index is 1.99. The van der Waals surface area contributed by atoms with Crippen molar-refractivity contribution in [1.82, 2.24) is 10.3 Å². The van der Waals surface area contributed by atoms with Crippen molar-refractivity contribution in [2.24, 2.45) is 0 Å². The van der Waals surface area contributed by atoms with Crippen LogP contribution in [0.15, 0.2) is 72.9 Å². The summed E-state index contributed by atoms with van der Waals surface area (Å²) in [6.07, 6.45) is -14.8. The number of nitrogens with one attached hydrogen (secondary N) is 1. The number of aromatic hydroxyl groups is 1. The van der Waals surface area contributed by atoms with E-state index in [1.54, 1.807) is 0 Å². The summed E-state index contributed by atoms with van der Waals surface area (Å²) >= 11 is 0. The van der Waals surface area contributed by atoms with Gasteiger partial charge in [-0.15, -0.1) is 0 Å². The van der Waals surface area contributed by atoms with Crippen LogP contribution in [0, 0.1) is 23.3 Å². The summed E-state index contributed by atoms with van der Waals surface area (Å²) in [5, 5.41) is 12.1. The molecule has 16 heteroatoms. The third kappa shape index (κ3) is 7.26. The lowest BCUT2D eigenvalue weighted by Gasteiger charge is -2.36. The van der Waals surface area contributed by atoms with Crippen molar-refractivity contribution in [2.45, 2.75) is 30.7 Å². The monoisotopic (exact) mass is 650 g/mol. The SMILES string of the molecule is O=C(N[C@@](Cc1ccc(F)c(F)c1)(c1cc(F)cc(OC(F)(F)C(F)F)c1)c1ccc(O)cn1)c1ccc(F)c(C(F)(F)F)c1. The molecule has 0 unspecified atom stereocenters. The molecular weight excluding hydrogens is 633 g/mol. The number of benzene rings is 3. The average Bonchev–Trinajstić information content (AvgIpc) is 2.94. The van der Waals surface area contributed by atoms with Gasteiger partial charge in [0.15, 0.2) is 11.6 Å². The van der Waals surface area contributed by atoms with Gasteiger partial charge in [-0.25, -0.2) is 17.6 Å². The molecule has 0 saturated heterocycles. The number of nitrogens with zero attached hydrogens (tertiary/aromatic N) is 1. The highest BCUT2D eigenvalue weighted by atomic mass is 19.4. The summed E-state index contributed by atoms with van der Waals surface area (Å²) in [6.45, 7) is 0. The highest BCUT2D eigenvalue weighted by Gasteiger charge is 2.45. The van der Waals surface area contributed by atoms with E-state index in [0.717, 1.165) is 24.4 Å². The quantitative estimate of drug-likeness (QED) is 0.184. The third-order valence-corrected chi connectivity index (χ3v) is 6.37. The molecule has 1 aromatic heterocycles. The van der Waals surface area contributed by atoms with Crippen molar-refractivity contribution in [2.75, 3.05) is 0 Å². The lowest BCUT2D eigenvalue weighted by molar-refractivity contribution is -0.253. The second kappa shape index (κ2) is 12.2. The van der Waals surface area contributed by atoms with Crippen LogP contribution in [0.3, 0.4) is 0 Å². The summed E-state index contributed by atoms with van der Waals surface area (Å²) in [5.74, 6) is -8.99. The van der Waals surface area contributed by atoms with Crippen molar-refractivity contribution >= 4 is 5.91 Å². The molecule has 3 aromatic carbocycles. The standard InChI is InChI=1S/C29H17F11N2O3/c30-17-9-16(10-19(11-17)45-29(39,40)26(34)35)27(24-6-3-18(43)13-41-24,12-14-1-4-22(32)23(33)7-14)42-25(44)15-2-5-21(31)20(8-15)28(36,37)38/h1-11,13,26,43H,12H2,(H,42,44)/t27-/m0/s1. The lowest BCUT2D eigenvalue weighted by atomic mass is 9.80. The minimum atomic E-state index is -5.26. The largest absolute Gasteiger partial charge is 0.506 e. The molecule has 4 rings (SSSR count). The maximum atomic E-state index is 14.9. The first-order chi connectivity index (χ1) is 20.9. The van der Waals surface area contributed by atoms with E-state index in [4.69, 9.17) is 0 Å².